The maximum Gasteiger partial charge on any atom is 0.320 e. The lowest BCUT2D eigenvalue weighted by Gasteiger charge is -2.59. The maximum absolute atomic E-state index is 13.3. The van der Waals surface area contributed by atoms with Crippen molar-refractivity contribution in [2.45, 2.75) is 56.4 Å². The van der Waals surface area contributed by atoms with Gasteiger partial charge in [0.15, 0.2) is 5.82 Å². The van der Waals surface area contributed by atoms with E-state index < -0.39 is 11.8 Å². The summed E-state index contributed by atoms with van der Waals surface area (Å²) in [4.78, 5) is 33.6. The molecule has 2 saturated carbocycles. The number of nitrogens with zero attached hydrogens (tertiary/aromatic N) is 5. The van der Waals surface area contributed by atoms with Crippen LogP contribution in [0.3, 0.4) is 0 Å². The van der Waals surface area contributed by atoms with Gasteiger partial charge in [0.05, 0.1) is 12.0 Å². The van der Waals surface area contributed by atoms with Crippen molar-refractivity contribution < 1.29 is 14.0 Å². The molecule has 8 nitrogen and oxygen atoms in total. The SMILES string of the molecule is NC(=O)[C@@H](c1ccc(F)cc1)C1CCN(C(=O)N2CC3(CC(n4cnc(C5CC5)n4)C3)C2)CC1. The zero-order chi connectivity index (χ0) is 23.4. The van der Waals surface area contributed by atoms with Gasteiger partial charge in [-0.2, -0.15) is 5.10 Å². The number of primary amides is 1. The summed E-state index contributed by atoms with van der Waals surface area (Å²) < 4.78 is 15.3. The third-order valence-electron chi connectivity index (χ3n) is 8.32. The highest BCUT2D eigenvalue weighted by Gasteiger charge is 2.55. The van der Waals surface area contributed by atoms with E-state index in [9.17, 15) is 14.0 Å². The number of halogens is 1. The van der Waals surface area contributed by atoms with Crippen molar-refractivity contribution in [1.82, 2.24) is 24.6 Å². The van der Waals surface area contributed by atoms with Gasteiger partial charge in [-0.3, -0.25) is 4.79 Å². The minimum Gasteiger partial charge on any atom is -0.369 e. The van der Waals surface area contributed by atoms with E-state index >= 15 is 0 Å². The van der Waals surface area contributed by atoms with Crippen LogP contribution in [0.5, 0.6) is 0 Å². The predicted octanol–water partition coefficient (Wildman–Crippen LogP) is 3.03. The van der Waals surface area contributed by atoms with Gasteiger partial charge >= 0.3 is 6.03 Å². The van der Waals surface area contributed by atoms with Crippen molar-refractivity contribution in [2.24, 2.45) is 17.1 Å². The Morgan fingerprint density at radius 2 is 1.71 bits per heavy atom. The molecule has 0 bridgehead atoms. The second-order valence-corrected chi connectivity index (χ2v) is 10.8. The molecule has 2 saturated heterocycles. The van der Waals surface area contributed by atoms with E-state index in [0.717, 1.165) is 37.3 Å². The molecule has 2 N–H and O–H groups in total. The number of likely N-dealkylation sites (tertiary alicyclic amines) is 2. The van der Waals surface area contributed by atoms with Crippen molar-refractivity contribution in [3.63, 3.8) is 0 Å². The summed E-state index contributed by atoms with van der Waals surface area (Å²) in [5.74, 6) is 0.455. The summed E-state index contributed by atoms with van der Waals surface area (Å²) in [6, 6.07) is 6.51. The van der Waals surface area contributed by atoms with Gasteiger partial charge in [-0.15, -0.1) is 0 Å². The van der Waals surface area contributed by atoms with Crippen LogP contribution < -0.4 is 5.73 Å². The molecule has 6 rings (SSSR count). The summed E-state index contributed by atoms with van der Waals surface area (Å²) in [5.41, 5.74) is 6.69. The molecule has 2 aliphatic heterocycles. The Bertz CT molecular complexity index is 1080. The van der Waals surface area contributed by atoms with Crippen LogP contribution >= 0.6 is 0 Å². The number of hydrogen-bond acceptors (Lipinski definition) is 4. The first-order valence-corrected chi connectivity index (χ1v) is 12.4. The fourth-order valence-electron chi connectivity index (χ4n) is 6.24. The highest BCUT2D eigenvalue weighted by Crippen LogP contribution is 2.54. The largest absolute Gasteiger partial charge is 0.369 e. The number of carbonyl (C=O) groups excluding carboxylic acids is 2. The highest BCUT2D eigenvalue weighted by molar-refractivity contribution is 5.82. The number of nitrogens with two attached hydrogens (primary N) is 1. The molecule has 0 radical (unpaired) electrons. The summed E-state index contributed by atoms with van der Waals surface area (Å²) >= 11 is 0. The lowest BCUT2D eigenvalue weighted by atomic mass is 9.61. The minimum atomic E-state index is -0.450. The van der Waals surface area contributed by atoms with Gasteiger partial charge in [-0.25, -0.2) is 18.9 Å². The molecule has 1 aromatic carbocycles. The number of urea groups is 1. The smallest absolute Gasteiger partial charge is 0.320 e. The molecule has 180 valence electrons. The molecule has 9 heteroatoms. The molecule has 2 aromatic rings. The average molecular weight is 467 g/mol. The van der Waals surface area contributed by atoms with Gasteiger partial charge in [0.1, 0.15) is 12.1 Å². The first kappa shape index (κ1) is 21.6. The highest BCUT2D eigenvalue weighted by atomic mass is 19.1. The maximum atomic E-state index is 13.3. The second-order valence-electron chi connectivity index (χ2n) is 10.8. The monoisotopic (exact) mass is 466 g/mol. The fraction of sp³-hybridized carbons (Fsp3) is 0.600. The lowest BCUT2D eigenvalue weighted by molar-refractivity contribution is -0.121. The van der Waals surface area contributed by atoms with Crippen LogP contribution in [0.1, 0.15) is 67.8 Å². The average Bonchev–Trinajstić information content (AvgIpc) is 3.51. The summed E-state index contributed by atoms with van der Waals surface area (Å²) in [5, 5.41) is 4.67. The summed E-state index contributed by atoms with van der Waals surface area (Å²) in [6.45, 7) is 2.85. The quantitative estimate of drug-likeness (QED) is 0.732. The van der Waals surface area contributed by atoms with Crippen molar-refractivity contribution >= 4 is 11.9 Å². The summed E-state index contributed by atoms with van der Waals surface area (Å²) in [6.07, 6.45) is 7.85. The number of aromatic nitrogens is 3. The molecule has 4 fully saturated rings. The van der Waals surface area contributed by atoms with Gasteiger partial charge in [0, 0.05) is 37.5 Å². The van der Waals surface area contributed by atoms with E-state index in [4.69, 9.17) is 5.73 Å². The first-order valence-electron chi connectivity index (χ1n) is 12.4. The molecule has 34 heavy (non-hydrogen) atoms. The van der Waals surface area contributed by atoms with Gasteiger partial charge in [-0.1, -0.05) is 12.1 Å². The van der Waals surface area contributed by atoms with Gasteiger partial charge in [0.25, 0.3) is 0 Å². The van der Waals surface area contributed by atoms with E-state index in [2.05, 4.69) is 10.1 Å². The van der Waals surface area contributed by atoms with Crippen LogP contribution in [-0.2, 0) is 4.79 Å². The third-order valence-corrected chi connectivity index (χ3v) is 8.32. The molecule has 3 heterocycles. The van der Waals surface area contributed by atoms with E-state index in [-0.39, 0.29) is 23.2 Å². The van der Waals surface area contributed by atoms with Crippen LogP contribution in [0.15, 0.2) is 30.6 Å². The van der Waals surface area contributed by atoms with Gasteiger partial charge in [0.2, 0.25) is 5.91 Å². The zero-order valence-electron chi connectivity index (χ0n) is 19.3. The van der Waals surface area contributed by atoms with E-state index in [1.807, 2.05) is 20.8 Å². The van der Waals surface area contributed by atoms with E-state index in [0.29, 0.717) is 37.9 Å². The van der Waals surface area contributed by atoms with Gasteiger partial charge in [-0.05, 0) is 62.1 Å². The Labute approximate surface area is 198 Å². The van der Waals surface area contributed by atoms with Crippen molar-refractivity contribution in [1.29, 1.82) is 0 Å². The molecule has 1 spiro atoms. The number of hydrogen-bond donors (Lipinski definition) is 1. The lowest BCUT2D eigenvalue weighted by Crippen LogP contribution is -2.66. The molecule has 3 amide bonds. The predicted molar refractivity (Wildman–Crippen MR) is 122 cm³/mol. The van der Waals surface area contributed by atoms with Crippen LogP contribution in [0.25, 0.3) is 0 Å². The number of amides is 3. The standard InChI is InChI=1S/C25H31FN6O2/c26-19-5-3-16(4-6-19)21(22(27)33)17-7-9-30(10-8-17)24(34)31-13-25(14-31)11-20(12-25)32-15-28-23(29-32)18-1-2-18/h3-6,15,17-18,20-21H,1-2,7-14H2,(H2,27,33)/t21-/m0/s1. The van der Waals surface area contributed by atoms with Crippen molar-refractivity contribution in [2.75, 3.05) is 26.2 Å². The molecule has 2 aliphatic carbocycles. The van der Waals surface area contributed by atoms with Crippen LogP contribution in [0.2, 0.25) is 0 Å². The first-order chi connectivity index (χ1) is 16.4. The van der Waals surface area contributed by atoms with Crippen molar-refractivity contribution in [3.8, 4) is 0 Å². The van der Waals surface area contributed by atoms with E-state index in [1.165, 1.54) is 25.0 Å². The number of benzene rings is 1. The topological polar surface area (TPSA) is 97.3 Å². The Morgan fingerprint density at radius 1 is 1.03 bits per heavy atom. The number of piperidine rings is 1. The van der Waals surface area contributed by atoms with Crippen LogP contribution in [0, 0.1) is 17.2 Å². The Balaban J connectivity index is 0.992. The zero-order valence-corrected chi connectivity index (χ0v) is 19.3. The summed E-state index contributed by atoms with van der Waals surface area (Å²) in [7, 11) is 0. The molecule has 1 aromatic heterocycles. The number of rotatable bonds is 5. The Morgan fingerprint density at radius 3 is 2.32 bits per heavy atom. The Kier molecular flexibility index (Phi) is 5.11. The van der Waals surface area contributed by atoms with Crippen LogP contribution in [-0.4, -0.2) is 62.7 Å². The molecule has 1 atom stereocenters. The number of carbonyl (C=O) groups is 2. The minimum absolute atomic E-state index is 0.0605. The fourth-order valence-corrected chi connectivity index (χ4v) is 6.24. The van der Waals surface area contributed by atoms with Crippen LogP contribution in [0.4, 0.5) is 9.18 Å². The van der Waals surface area contributed by atoms with Crippen molar-refractivity contribution in [3.05, 3.63) is 47.8 Å². The molecular formula is C25H31FN6O2. The molecule has 0 unspecified atom stereocenters. The third kappa shape index (κ3) is 3.84. The normalized spacial score (nSPS) is 23.4. The van der Waals surface area contributed by atoms with Gasteiger partial charge < -0.3 is 15.5 Å². The molecule has 4 aliphatic rings. The Hall–Kier alpha value is -2.97. The second kappa shape index (κ2) is 8.06. The van der Waals surface area contributed by atoms with E-state index in [1.54, 1.807) is 12.1 Å². The molecular weight excluding hydrogens is 435 g/mol.